The number of fused-ring (bicyclic) bond motifs is 2. The van der Waals surface area contributed by atoms with Crippen LogP contribution in [-0.2, 0) is 0 Å². The average Bonchev–Trinajstić information content (AvgIpc) is 3.26. The Kier molecular flexibility index (Phi) is 4.99. The second-order valence-corrected chi connectivity index (χ2v) is 7.20. The van der Waals surface area contributed by atoms with Gasteiger partial charge in [0.05, 0.1) is 27.0 Å². The molecule has 0 amide bonds. The van der Waals surface area contributed by atoms with Crippen LogP contribution < -0.4 is 19.5 Å². The van der Waals surface area contributed by atoms with Crippen molar-refractivity contribution in [3.63, 3.8) is 0 Å². The first-order valence-corrected chi connectivity index (χ1v) is 10.1. The number of rotatable bonds is 6. The number of methoxy groups -OCH3 is 3. The summed E-state index contributed by atoms with van der Waals surface area (Å²) in [4.78, 5) is 9.27. The van der Waals surface area contributed by atoms with Crippen LogP contribution in [0.5, 0.6) is 17.2 Å². The summed E-state index contributed by atoms with van der Waals surface area (Å²) in [6.07, 6.45) is 3.83. The first kappa shape index (κ1) is 19.7. The fourth-order valence-corrected chi connectivity index (χ4v) is 3.87. The third kappa shape index (κ3) is 3.33. The molecule has 0 saturated heterocycles. The van der Waals surface area contributed by atoms with Crippen molar-refractivity contribution < 1.29 is 14.2 Å². The lowest BCUT2D eigenvalue weighted by atomic mass is 10.1. The van der Waals surface area contributed by atoms with E-state index in [1.165, 1.54) is 5.39 Å². The van der Waals surface area contributed by atoms with Gasteiger partial charge in [-0.15, -0.1) is 0 Å². The zero-order valence-electron chi connectivity index (χ0n) is 18.0. The summed E-state index contributed by atoms with van der Waals surface area (Å²) in [5, 5.41) is 6.54. The Morgan fingerprint density at radius 1 is 0.812 bits per heavy atom. The predicted octanol–water partition coefficient (Wildman–Crippen LogP) is 5.34. The lowest BCUT2D eigenvalue weighted by Crippen LogP contribution is -2.02. The van der Waals surface area contributed by atoms with Gasteiger partial charge in [0.15, 0.2) is 11.5 Å². The molecule has 7 heteroatoms. The fraction of sp³-hybridized carbons (Fsp3) is 0.120. The zero-order valence-corrected chi connectivity index (χ0v) is 18.0. The summed E-state index contributed by atoms with van der Waals surface area (Å²) in [6.45, 7) is 0. The molecule has 0 bridgehead atoms. The molecular weight excluding hydrogens is 404 g/mol. The molecule has 0 fully saturated rings. The predicted molar refractivity (Wildman–Crippen MR) is 126 cm³/mol. The quantitative estimate of drug-likeness (QED) is 0.395. The minimum Gasteiger partial charge on any atom is -0.493 e. The standard InChI is InChI=1S/C25H22N4O3/c1-30-21-13-18(14-22(31-2)23(21)32-3)27-25-26-15-17-11-12-29(24(17)28-25)20-10-6-8-16-7-4-5-9-19(16)20/h4-15H,1-3H3,(H,26,27,28). The van der Waals surface area contributed by atoms with Crippen LogP contribution >= 0.6 is 0 Å². The minimum atomic E-state index is 0.465. The van der Waals surface area contributed by atoms with E-state index in [4.69, 9.17) is 19.2 Å². The third-order valence-corrected chi connectivity index (χ3v) is 5.37. The van der Waals surface area contributed by atoms with Crippen LogP contribution in [0, 0.1) is 0 Å². The van der Waals surface area contributed by atoms with E-state index >= 15 is 0 Å². The van der Waals surface area contributed by atoms with Crippen LogP contribution in [-0.4, -0.2) is 35.9 Å². The van der Waals surface area contributed by atoms with Crippen molar-refractivity contribution in [1.29, 1.82) is 0 Å². The summed E-state index contributed by atoms with van der Waals surface area (Å²) in [6, 6.07) is 20.2. The van der Waals surface area contributed by atoms with Gasteiger partial charge in [0.1, 0.15) is 5.65 Å². The van der Waals surface area contributed by atoms with Crippen molar-refractivity contribution in [2.24, 2.45) is 0 Å². The Morgan fingerprint density at radius 2 is 1.56 bits per heavy atom. The normalized spacial score (nSPS) is 11.0. The van der Waals surface area contributed by atoms with Crippen LogP contribution in [0.25, 0.3) is 27.5 Å². The summed E-state index contributed by atoms with van der Waals surface area (Å²) < 4.78 is 18.4. The number of nitrogens with zero attached hydrogens (tertiary/aromatic N) is 3. The van der Waals surface area contributed by atoms with Gasteiger partial charge in [0.25, 0.3) is 0 Å². The molecule has 0 unspecified atom stereocenters. The molecule has 0 aliphatic rings. The van der Waals surface area contributed by atoms with Crippen LogP contribution in [0.2, 0.25) is 0 Å². The first-order valence-electron chi connectivity index (χ1n) is 10.1. The molecule has 0 aliphatic carbocycles. The second-order valence-electron chi connectivity index (χ2n) is 7.20. The van der Waals surface area contributed by atoms with E-state index < -0.39 is 0 Å². The van der Waals surface area contributed by atoms with Gasteiger partial charge in [-0.25, -0.2) is 4.98 Å². The van der Waals surface area contributed by atoms with Crippen molar-refractivity contribution in [3.8, 4) is 22.9 Å². The molecule has 160 valence electrons. The van der Waals surface area contributed by atoms with Gasteiger partial charge < -0.3 is 24.1 Å². The highest BCUT2D eigenvalue weighted by Crippen LogP contribution is 2.40. The maximum Gasteiger partial charge on any atom is 0.229 e. The number of hydrogen-bond donors (Lipinski definition) is 1. The molecule has 5 aromatic rings. The van der Waals surface area contributed by atoms with E-state index in [0.29, 0.717) is 23.2 Å². The summed E-state index contributed by atoms with van der Waals surface area (Å²) in [5.74, 6) is 2.10. The van der Waals surface area contributed by atoms with Crippen molar-refractivity contribution in [2.45, 2.75) is 0 Å². The minimum absolute atomic E-state index is 0.465. The van der Waals surface area contributed by atoms with Gasteiger partial charge >= 0.3 is 0 Å². The number of anilines is 2. The van der Waals surface area contributed by atoms with Crippen LogP contribution in [0.4, 0.5) is 11.6 Å². The molecule has 1 N–H and O–H groups in total. The largest absolute Gasteiger partial charge is 0.493 e. The SMILES string of the molecule is COc1cc(Nc2ncc3ccn(-c4cccc5ccccc45)c3n2)cc(OC)c1OC. The van der Waals surface area contributed by atoms with E-state index in [1.54, 1.807) is 21.3 Å². The maximum absolute atomic E-state index is 5.44. The fourth-order valence-electron chi connectivity index (χ4n) is 3.87. The van der Waals surface area contributed by atoms with Gasteiger partial charge in [-0.1, -0.05) is 36.4 Å². The van der Waals surface area contributed by atoms with E-state index in [2.05, 4.69) is 45.2 Å². The van der Waals surface area contributed by atoms with E-state index in [9.17, 15) is 0 Å². The van der Waals surface area contributed by atoms with Crippen molar-refractivity contribution in [2.75, 3.05) is 26.6 Å². The van der Waals surface area contributed by atoms with E-state index in [1.807, 2.05) is 42.7 Å². The number of aromatic nitrogens is 3. The maximum atomic E-state index is 5.44. The summed E-state index contributed by atoms with van der Waals surface area (Å²) >= 11 is 0. The molecule has 0 saturated carbocycles. The number of benzene rings is 3. The highest BCUT2D eigenvalue weighted by atomic mass is 16.5. The summed E-state index contributed by atoms with van der Waals surface area (Å²) in [7, 11) is 4.74. The molecule has 3 aromatic carbocycles. The van der Waals surface area contributed by atoms with Gasteiger partial charge in [-0.3, -0.25) is 0 Å². The molecule has 0 aliphatic heterocycles. The number of nitrogens with one attached hydrogen (secondary N) is 1. The Morgan fingerprint density at radius 3 is 2.31 bits per heavy atom. The smallest absolute Gasteiger partial charge is 0.229 e. The molecule has 32 heavy (non-hydrogen) atoms. The monoisotopic (exact) mass is 426 g/mol. The lowest BCUT2D eigenvalue weighted by Gasteiger charge is -2.14. The summed E-state index contributed by atoms with van der Waals surface area (Å²) in [5.41, 5.74) is 2.60. The van der Waals surface area contributed by atoms with Gasteiger partial charge in [0, 0.05) is 41.0 Å². The molecule has 0 radical (unpaired) electrons. The van der Waals surface area contributed by atoms with E-state index in [0.717, 1.165) is 27.8 Å². The van der Waals surface area contributed by atoms with Gasteiger partial charge in [-0.05, 0) is 17.5 Å². The molecule has 5 rings (SSSR count). The molecule has 2 aromatic heterocycles. The lowest BCUT2D eigenvalue weighted by molar-refractivity contribution is 0.324. The van der Waals surface area contributed by atoms with E-state index in [-0.39, 0.29) is 0 Å². The molecule has 0 spiro atoms. The Bertz CT molecular complexity index is 1400. The molecule has 0 atom stereocenters. The van der Waals surface area contributed by atoms with Crippen molar-refractivity contribution in [3.05, 3.63) is 73.1 Å². The molecule has 7 nitrogen and oxygen atoms in total. The van der Waals surface area contributed by atoms with Crippen molar-refractivity contribution in [1.82, 2.24) is 14.5 Å². The molecular formula is C25H22N4O3. The van der Waals surface area contributed by atoms with Crippen molar-refractivity contribution >= 4 is 33.4 Å². The first-order chi connectivity index (χ1) is 15.7. The highest BCUT2D eigenvalue weighted by Gasteiger charge is 2.15. The third-order valence-electron chi connectivity index (χ3n) is 5.37. The average molecular weight is 426 g/mol. The Balaban J connectivity index is 1.58. The highest BCUT2D eigenvalue weighted by molar-refractivity contribution is 5.92. The van der Waals surface area contributed by atoms with Gasteiger partial charge in [-0.2, -0.15) is 4.98 Å². The van der Waals surface area contributed by atoms with Gasteiger partial charge in [0.2, 0.25) is 11.7 Å². The second kappa shape index (κ2) is 8.11. The Hall–Kier alpha value is -4.26. The number of ether oxygens (including phenoxy) is 3. The zero-order chi connectivity index (χ0) is 22.1. The van der Waals surface area contributed by atoms with Crippen LogP contribution in [0.1, 0.15) is 0 Å². The van der Waals surface area contributed by atoms with Crippen LogP contribution in [0.15, 0.2) is 73.1 Å². The topological polar surface area (TPSA) is 70.4 Å². The Labute approximate surface area is 185 Å². The number of hydrogen-bond acceptors (Lipinski definition) is 6. The molecule has 2 heterocycles. The van der Waals surface area contributed by atoms with Crippen LogP contribution in [0.3, 0.4) is 0 Å².